The smallest absolute Gasteiger partial charge is 0.160 e. The van der Waals surface area contributed by atoms with Crippen LogP contribution in [0.2, 0.25) is 0 Å². The molecule has 3 heteroatoms. The van der Waals surface area contributed by atoms with Crippen LogP contribution >= 0.6 is 0 Å². The van der Waals surface area contributed by atoms with Gasteiger partial charge in [-0.2, -0.15) is 0 Å². The van der Waals surface area contributed by atoms with Crippen LogP contribution in [0.3, 0.4) is 0 Å². The topological polar surface area (TPSA) is 41.5 Å². The van der Waals surface area contributed by atoms with Crippen molar-refractivity contribution in [2.24, 2.45) is 0 Å². The van der Waals surface area contributed by atoms with Crippen molar-refractivity contribution in [2.45, 2.75) is 19.8 Å². The lowest BCUT2D eigenvalue weighted by atomic mass is 10.1. The van der Waals surface area contributed by atoms with Crippen molar-refractivity contribution in [1.29, 1.82) is 0 Å². The van der Waals surface area contributed by atoms with E-state index in [0.717, 1.165) is 25.9 Å². The maximum absolute atomic E-state index is 9.40. The minimum atomic E-state index is 0.197. The Morgan fingerprint density at radius 1 is 1.33 bits per heavy atom. The van der Waals surface area contributed by atoms with Gasteiger partial charge < -0.3 is 15.2 Å². The fraction of sp³-hybridized carbons (Fsp3) is 0.500. The van der Waals surface area contributed by atoms with Crippen LogP contribution in [0.25, 0.3) is 0 Å². The summed E-state index contributed by atoms with van der Waals surface area (Å²) >= 11 is 0. The molecule has 15 heavy (non-hydrogen) atoms. The first-order valence-corrected chi connectivity index (χ1v) is 5.34. The van der Waals surface area contributed by atoms with Crippen molar-refractivity contribution in [1.82, 2.24) is 5.32 Å². The SMILES string of the molecule is CCCNCCc1ccc(O)c(OC)c1. The number of rotatable bonds is 6. The Bertz CT molecular complexity index is 300. The molecule has 0 bridgehead atoms. The molecule has 0 aliphatic heterocycles. The third-order valence-corrected chi connectivity index (χ3v) is 2.26. The monoisotopic (exact) mass is 209 g/mol. The predicted octanol–water partition coefficient (Wildman–Crippen LogP) is 1.94. The quantitative estimate of drug-likeness (QED) is 0.703. The summed E-state index contributed by atoms with van der Waals surface area (Å²) in [7, 11) is 1.56. The van der Waals surface area contributed by atoms with Crippen molar-refractivity contribution in [3.8, 4) is 11.5 Å². The fourth-order valence-electron chi connectivity index (χ4n) is 1.41. The summed E-state index contributed by atoms with van der Waals surface area (Å²) in [6, 6.07) is 5.47. The van der Waals surface area contributed by atoms with Crippen LogP contribution in [0.15, 0.2) is 18.2 Å². The Morgan fingerprint density at radius 2 is 2.13 bits per heavy atom. The third-order valence-electron chi connectivity index (χ3n) is 2.26. The lowest BCUT2D eigenvalue weighted by molar-refractivity contribution is 0.373. The van der Waals surface area contributed by atoms with Crippen LogP contribution in [0.4, 0.5) is 0 Å². The van der Waals surface area contributed by atoms with Crippen LogP contribution in [-0.2, 0) is 6.42 Å². The summed E-state index contributed by atoms with van der Waals surface area (Å²) in [5.41, 5.74) is 1.17. The van der Waals surface area contributed by atoms with Crippen molar-refractivity contribution in [3.63, 3.8) is 0 Å². The van der Waals surface area contributed by atoms with Gasteiger partial charge in [-0.15, -0.1) is 0 Å². The molecule has 0 atom stereocenters. The standard InChI is InChI=1S/C12H19NO2/c1-3-7-13-8-6-10-4-5-11(14)12(9-10)15-2/h4-5,9,13-14H,3,6-8H2,1-2H3. The summed E-state index contributed by atoms with van der Waals surface area (Å²) in [4.78, 5) is 0. The molecule has 0 spiro atoms. The molecule has 0 heterocycles. The van der Waals surface area contributed by atoms with Gasteiger partial charge in [-0.25, -0.2) is 0 Å². The minimum absolute atomic E-state index is 0.197. The van der Waals surface area contributed by atoms with Gasteiger partial charge in [-0.05, 0) is 43.6 Å². The summed E-state index contributed by atoms with van der Waals surface area (Å²) in [6.07, 6.45) is 2.11. The molecular formula is C12H19NO2. The number of hydrogen-bond acceptors (Lipinski definition) is 3. The zero-order valence-electron chi connectivity index (χ0n) is 9.42. The van der Waals surface area contributed by atoms with Gasteiger partial charge in [-0.3, -0.25) is 0 Å². The van der Waals surface area contributed by atoms with Gasteiger partial charge in [0.2, 0.25) is 0 Å². The first kappa shape index (κ1) is 11.9. The van der Waals surface area contributed by atoms with Crippen molar-refractivity contribution < 1.29 is 9.84 Å². The molecule has 0 aliphatic rings. The highest BCUT2D eigenvalue weighted by Crippen LogP contribution is 2.26. The average molecular weight is 209 g/mol. The van der Waals surface area contributed by atoms with Crippen LogP contribution in [0.5, 0.6) is 11.5 Å². The van der Waals surface area contributed by atoms with E-state index in [1.807, 2.05) is 12.1 Å². The Morgan fingerprint density at radius 3 is 2.80 bits per heavy atom. The van der Waals surface area contributed by atoms with Gasteiger partial charge in [0.05, 0.1) is 7.11 Å². The fourth-order valence-corrected chi connectivity index (χ4v) is 1.41. The molecule has 3 nitrogen and oxygen atoms in total. The van der Waals surface area contributed by atoms with E-state index in [0.29, 0.717) is 5.75 Å². The molecule has 0 saturated heterocycles. The lowest BCUT2D eigenvalue weighted by Gasteiger charge is -2.07. The number of methoxy groups -OCH3 is 1. The molecule has 0 fully saturated rings. The molecule has 1 aromatic rings. The number of nitrogens with one attached hydrogen (secondary N) is 1. The van der Waals surface area contributed by atoms with E-state index < -0.39 is 0 Å². The highest BCUT2D eigenvalue weighted by Gasteiger charge is 2.01. The normalized spacial score (nSPS) is 10.3. The Kier molecular flexibility index (Phi) is 4.98. The molecule has 1 aromatic carbocycles. The number of aromatic hydroxyl groups is 1. The average Bonchev–Trinajstić information content (AvgIpc) is 2.26. The molecule has 0 amide bonds. The Labute approximate surface area is 91.1 Å². The number of benzene rings is 1. The maximum Gasteiger partial charge on any atom is 0.160 e. The van der Waals surface area contributed by atoms with Crippen LogP contribution in [0.1, 0.15) is 18.9 Å². The zero-order valence-corrected chi connectivity index (χ0v) is 9.42. The molecule has 0 aliphatic carbocycles. The summed E-state index contributed by atoms with van der Waals surface area (Å²) < 4.78 is 5.04. The minimum Gasteiger partial charge on any atom is -0.504 e. The van der Waals surface area contributed by atoms with Crippen molar-refractivity contribution in [2.75, 3.05) is 20.2 Å². The number of hydrogen-bond donors (Lipinski definition) is 2. The molecule has 0 radical (unpaired) electrons. The molecule has 0 unspecified atom stereocenters. The zero-order chi connectivity index (χ0) is 11.1. The second-order valence-electron chi connectivity index (χ2n) is 3.51. The van der Waals surface area contributed by atoms with Gasteiger partial charge in [0.1, 0.15) is 0 Å². The molecule has 0 aromatic heterocycles. The Hall–Kier alpha value is -1.22. The van der Waals surface area contributed by atoms with Crippen molar-refractivity contribution in [3.05, 3.63) is 23.8 Å². The van der Waals surface area contributed by atoms with Crippen molar-refractivity contribution >= 4 is 0 Å². The maximum atomic E-state index is 9.40. The summed E-state index contributed by atoms with van der Waals surface area (Å²) in [5, 5.41) is 12.7. The molecule has 2 N–H and O–H groups in total. The van der Waals surface area contributed by atoms with Gasteiger partial charge >= 0.3 is 0 Å². The molecule has 1 rings (SSSR count). The lowest BCUT2D eigenvalue weighted by Crippen LogP contribution is -2.17. The van der Waals surface area contributed by atoms with E-state index in [4.69, 9.17) is 4.74 Å². The molecule has 84 valence electrons. The van der Waals surface area contributed by atoms with E-state index in [2.05, 4.69) is 12.2 Å². The second kappa shape index (κ2) is 6.30. The van der Waals surface area contributed by atoms with Gasteiger partial charge in [0.25, 0.3) is 0 Å². The molecule has 0 saturated carbocycles. The third kappa shape index (κ3) is 3.80. The second-order valence-corrected chi connectivity index (χ2v) is 3.51. The largest absolute Gasteiger partial charge is 0.504 e. The highest BCUT2D eigenvalue weighted by molar-refractivity contribution is 5.41. The predicted molar refractivity (Wildman–Crippen MR) is 61.5 cm³/mol. The summed E-state index contributed by atoms with van der Waals surface area (Å²) in [5.74, 6) is 0.741. The van der Waals surface area contributed by atoms with Crippen LogP contribution < -0.4 is 10.1 Å². The first-order chi connectivity index (χ1) is 7.27. The first-order valence-electron chi connectivity index (χ1n) is 5.34. The number of phenols is 1. The van der Waals surface area contributed by atoms with E-state index in [1.165, 1.54) is 5.56 Å². The van der Waals surface area contributed by atoms with E-state index in [-0.39, 0.29) is 5.75 Å². The van der Waals surface area contributed by atoms with E-state index >= 15 is 0 Å². The molecular weight excluding hydrogens is 190 g/mol. The van der Waals surface area contributed by atoms with E-state index in [1.54, 1.807) is 13.2 Å². The number of phenolic OH excluding ortho intramolecular Hbond substituents is 1. The van der Waals surface area contributed by atoms with E-state index in [9.17, 15) is 5.11 Å². The van der Waals surface area contributed by atoms with Crippen LogP contribution in [0, 0.1) is 0 Å². The number of ether oxygens (including phenoxy) is 1. The summed E-state index contributed by atoms with van der Waals surface area (Å²) in [6.45, 7) is 4.16. The van der Waals surface area contributed by atoms with Gasteiger partial charge in [-0.1, -0.05) is 13.0 Å². The van der Waals surface area contributed by atoms with Crippen LogP contribution in [-0.4, -0.2) is 25.3 Å². The highest BCUT2D eigenvalue weighted by atomic mass is 16.5. The van der Waals surface area contributed by atoms with Gasteiger partial charge in [0, 0.05) is 0 Å². The van der Waals surface area contributed by atoms with Gasteiger partial charge in [0.15, 0.2) is 11.5 Å². The Balaban J connectivity index is 2.47.